The van der Waals surface area contributed by atoms with Crippen LogP contribution in [0, 0.1) is 18.6 Å². The lowest BCUT2D eigenvalue weighted by molar-refractivity contribution is -0.141. The van der Waals surface area contributed by atoms with E-state index >= 15 is 0 Å². The summed E-state index contributed by atoms with van der Waals surface area (Å²) in [5, 5.41) is 0. The highest BCUT2D eigenvalue weighted by Gasteiger charge is 2.18. The van der Waals surface area contributed by atoms with Gasteiger partial charge in [-0.05, 0) is 36.8 Å². The number of hydrogen-bond donors (Lipinski definition) is 0. The molecule has 3 aromatic rings. The normalized spacial score (nSPS) is 11.8. The van der Waals surface area contributed by atoms with Gasteiger partial charge in [-0.25, -0.2) is 8.78 Å². The quantitative estimate of drug-likeness (QED) is 0.660. The molecule has 0 aliphatic heterocycles. The first kappa shape index (κ1) is 17.9. The van der Waals surface area contributed by atoms with Crippen molar-refractivity contribution in [3.63, 3.8) is 0 Å². The van der Waals surface area contributed by atoms with Gasteiger partial charge >= 0.3 is 5.97 Å². The molecule has 26 heavy (non-hydrogen) atoms. The van der Waals surface area contributed by atoms with Crippen LogP contribution in [0.25, 0.3) is 10.2 Å². The molecule has 0 aliphatic carbocycles. The number of amides is 1. The molecule has 0 atom stereocenters. The molecule has 1 heterocycles. The van der Waals surface area contributed by atoms with Crippen LogP contribution in [0.1, 0.15) is 15.9 Å². The minimum Gasteiger partial charge on any atom is -0.468 e. The molecular weight excluding hydrogens is 362 g/mol. The number of methoxy groups -OCH3 is 1. The van der Waals surface area contributed by atoms with Gasteiger partial charge in [-0.15, -0.1) is 0 Å². The number of rotatable bonds is 3. The van der Waals surface area contributed by atoms with Gasteiger partial charge < -0.3 is 9.30 Å². The number of benzene rings is 2. The van der Waals surface area contributed by atoms with Gasteiger partial charge in [0.15, 0.2) is 4.80 Å². The Morgan fingerprint density at radius 3 is 2.54 bits per heavy atom. The Morgan fingerprint density at radius 2 is 1.88 bits per heavy atom. The fourth-order valence-corrected chi connectivity index (χ4v) is 3.58. The van der Waals surface area contributed by atoms with Crippen molar-refractivity contribution in [2.75, 3.05) is 7.11 Å². The third-order valence-electron chi connectivity index (χ3n) is 3.73. The fraction of sp³-hybridized carbons (Fsp3) is 0.167. The van der Waals surface area contributed by atoms with Gasteiger partial charge in [0.1, 0.15) is 23.7 Å². The van der Waals surface area contributed by atoms with E-state index in [0.717, 1.165) is 33.7 Å². The second kappa shape index (κ2) is 7.17. The summed E-state index contributed by atoms with van der Waals surface area (Å²) in [5.74, 6) is -3.57. The van der Waals surface area contributed by atoms with Gasteiger partial charge in [-0.3, -0.25) is 9.59 Å². The van der Waals surface area contributed by atoms with Crippen LogP contribution in [-0.2, 0) is 16.1 Å². The molecule has 134 valence electrons. The Morgan fingerprint density at radius 1 is 1.19 bits per heavy atom. The second-order valence-corrected chi connectivity index (χ2v) is 6.54. The van der Waals surface area contributed by atoms with Crippen LogP contribution >= 0.6 is 11.3 Å². The topological polar surface area (TPSA) is 60.7 Å². The average Bonchev–Trinajstić information content (AvgIpc) is 2.90. The summed E-state index contributed by atoms with van der Waals surface area (Å²) in [4.78, 5) is 28.1. The highest BCUT2D eigenvalue weighted by atomic mass is 32.1. The number of halogens is 2. The molecule has 1 amide bonds. The van der Waals surface area contributed by atoms with Crippen molar-refractivity contribution in [2.45, 2.75) is 13.5 Å². The lowest BCUT2D eigenvalue weighted by Gasteiger charge is -2.04. The van der Waals surface area contributed by atoms with Crippen molar-refractivity contribution in [2.24, 2.45) is 4.99 Å². The molecule has 0 saturated carbocycles. The summed E-state index contributed by atoms with van der Waals surface area (Å²) in [6, 6.07) is 8.66. The highest BCUT2D eigenvalue weighted by molar-refractivity contribution is 7.16. The maximum atomic E-state index is 13.8. The third kappa shape index (κ3) is 3.41. The minimum atomic E-state index is -1.05. The zero-order valence-electron chi connectivity index (χ0n) is 14.0. The number of aromatic nitrogens is 1. The van der Waals surface area contributed by atoms with Crippen molar-refractivity contribution < 1.29 is 23.1 Å². The van der Waals surface area contributed by atoms with Gasteiger partial charge in [0.25, 0.3) is 5.91 Å². The molecule has 0 spiro atoms. The van der Waals surface area contributed by atoms with Gasteiger partial charge in [0, 0.05) is 0 Å². The van der Waals surface area contributed by atoms with Gasteiger partial charge in [-0.2, -0.15) is 4.99 Å². The number of ether oxygens (including phenoxy) is 1. The average molecular weight is 376 g/mol. The van der Waals surface area contributed by atoms with E-state index in [-0.39, 0.29) is 11.3 Å². The van der Waals surface area contributed by atoms with Crippen LogP contribution in [0.5, 0.6) is 0 Å². The molecule has 3 rings (SSSR count). The molecule has 0 radical (unpaired) electrons. The van der Waals surface area contributed by atoms with Crippen LogP contribution in [0.15, 0.2) is 41.4 Å². The lowest BCUT2D eigenvalue weighted by atomic mass is 10.2. The van der Waals surface area contributed by atoms with Crippen molar-refractivity contribution in [1.82, 2.24) is 4.57 Å². The summed E-state index contributed by atoms with van der Waals surface area (Å²) in [6.07, 6.45) is 0. The summed E-state index contributed by atoms with van der Waals surface area (Å²) in [7, 11) is 1.25. The Kier molecular flexibility index (Phi) is 4.94. The molecular formula is C18H14F2N2O3S. The van der Waals surface area contributed by atoms with E-state index < -0.39 is 29.1 Å². The van der Waals surface area contributed by atoms with Crippen molar-refractivity contribution >= 4 is 33.4 Å². The number of nitrogens with zero attached hydrogens (tertiary/aromatic N) is 2. The second-order valence-electron chi connectivity index (χ2n) is 5.53. The molecule has 1 aromatic heterocycles. The van der Waals surface area contributed by atoms with Gasteiger partial charge in [0.05, 0.1) is 17.3 Å². The molecule has 0 saturated heterocycles. The molecule has 8 heteroatoms. The van der Waals surface area contributed by atoms with E-state index in [1.54, 1.807) is 6.07 Å². The SMILES string of the molecule is COC(=O)Cn1c(=NC(=O)c2c(F)cccc2F)sc2cc(C)ccc21. The highest BCUT2D eigenvalue weighted by Crippen LogP contribution is 2.20. The number of thiazole rings is 1. The van der Waals surface area contributed by atoms with E-state index in [2.05, 4.69) is 9.73 Å². The van der Waals surface area contributed by atoms with Crippen LogP contribution in [0.3, 0.4) is 0 Å². The van der Waals surface area contributed by atoms with Crippen molar-refractivity contribution in [3.05, 3.63) is 64.0 Å². The van der Waals surface area contributed by atoms with Gasteiger partial charge in [-0.1, -0.05) is 23.5 Å². The Labute approximate surface area is 151 Å². The summed E-state index contributed by atoms with van der Waals surface area (Å²) >= 11 is 1.15. The first-order valence-corrected chi connectivity index (χ1v) is 8.42. The maximum Gasteiger partial charge on any atom is 0.325 e. The number of hydrogen-bond acceptors (Lipinski definition) is 4. The summed E-state index contributed by atoms with van der Waals surface area (Å²) < 4.78 is 34.6. The number of carbonyl (C=O) groups excluding carboxylic acids is 2. The van der Waals surface area contributed by atoms with Gasteiger partial charge in [0.2, 0.25) is 0 Å². The van der Waals surface area contributed by atoms with E-state index in [4.69, 9.17) is 0 Å². The van der Waals surface area contributed by atoms with Crippen LogP contribution in [-0.4, -0.2) is 23.6 Å². The first-order chi connectivity index (χ1) is 12.4. The standard InChI is InChI=1S/C18H14F2N2O3S/c1-10-6-7-13-14(8-10)26-18(22(13)9-15(23)25-2)21-17(24)16-11(19)4-3-5-12(16)20/h3-8H,9H2,1-2H3. The number of aryl methyl sites for hydroxylation is 1. The molecule has 0 unspecified atom stereocenters. The van der Waals surface area contributed by atoms with Crippen LogP contribution in [0.4, 0.5) is 8.78 Å². The molecule has 0 N–H and O–H groups in total. The summed E-state index contributed by atoms with van der Waals surface area (Å²) in [5.41, 5.74) is 0.930. The fourth-order valence-electron chi connectivity index (χ4n) is 2.46. The maximum absolute atomic E-state index is 13.8. The van der Waals surface area contributed by atoms with Crippen LogP contribution < -0.4 is 4.80 Å². The predicted octanol–water partition coefficient (Wildman–Crippen LogP) is 3.20. The number of esters is 1. The molecule has 0 bridgehead atoms. The van der Waals surface area contributed by atoms with E-state index in [9.17, 15) is 18.4 Å². The van der Waals surface area contributed by atoms with Crippen LogP contribution in [0.2, 0.25) is 0 Å². The predicted molar refractivity (Wildman–Crippen MR) is 92.8 cm³/mol. The van der Waals surface area contributed by atoms with Crippen molar-refractivity contribution in [1.29, 1.82) is 0 Å². The monoisotopic (exact) mass is 376 g/mol. The minimum absolute atomic E-state index is 0.156. The largest absolute Gasteiger partial charge is 0.468 e. The first-order valence-electron chi connectivity index (χ1n) is 7.60. The number of fused-ring (bicyclic) bond motifs is 1. The Bertz CT molecular complexity index is 1070. The molecule has 2 aromatic carbocycles. The zero-order chi connectivity index (χ0) is 18.8. The third-order valence-corrected chi connectivity index (χ3v) is 4.77. The summed E-state index contributed by atoms with van der Waals surface area (Å²) in [6.45, 7) is 1.73. The van der Waals surface area contributed by atoms with E-state index in [0.29, 0.717) is 5.52 Å². The molecule has 5 nitrogen and oxygen atoms in total. The van der Waals surface area contributed by atoms with E-state index in [1.807, 2.05) is 19.1 Å². The number of carbonyl (C=O) groups is 2. The van der Waals surface area contributed by atoms with E-state index in [1.165, 1.54) is 17.7 Å². The Balaban J connectivity index is 2.19. The molecule has 0 fully saturated rings. The smallest absolute Gasteiger partial charge is 0.325 e. The Hall–Kier alpha value is -2.87. The lowest BCUT2D eigenvalue weighted by Crippen LogP contribution is -2.22. The zero-order valence-corrected chi connectivity index (χ0v) is 14.8. The molecule has 0 aliphatic rings. The van der Waals surface area contributed by atoms with Crippen molar-refractivity contribution in [3.8, 4) is 0 Å².